The molecule has 2 rings (SSSR count). The zero-order valence-electron chi connectivity index (χ0n) is 16.6. The topological polar surface area (TPSA) is 35.9 Å². The second-order valence-corrected chi connectivity index (χ2v) is 6.15. The maximum atomic E-state index is 13.2. The van der Waals surface area contributed by atoms with Crippen LogP contribution in [0.5, 0.6) is 0 Å². The van der Waals surface area contributed by atoms with Gasteiger partial charge in [-0.05, 0) is 36.6 Å². The summed E-state index contributed by atoms with van der Waals surface area (Å²) in [6, 6.07) is 5.91. The van der Waals surface area contributed by atoms with Crippen LogP contribution >= 0.6 is 0 Å². The smallest absolute Gasteiger partial charge is 0.260 e. The van der Waals surface area contributed by atoms with Crippen LogP contribution in [0.2, 0.25) is 0 Å². The summed E-state index contributed by atoms with van der Waals surface area (Å²) in [5.41, 5.74) is 4.19. The molecule has 1 aromatic carbocycles. The average molecular weight is 361 g/mol. The van der Waals surface area contributed by atoms with Gasteiger partial charge in [-0.25, -0.2) is 4.99 Å². The van der Waals surface area contributed by atoms with Crippen LogP contribution in [0.4, 0.5) is 5.69 Å². The Morgan fingerprint density at radius 3 is 2.56 bits per heavy atom. The lowest BCUT2D eigenvalue weighted by molar-refractivity contribution is 0.0845. The summed E-state index contributed by atoms with van der Waals surface area (Å²) in [5, 5.41) is 0. The van der Waals surface area contributed by atoms with Gasteiger partial charge in [0.2, 0.25) is 0 Å². The minimum atomic E-state index is -0.0638. The number of amidine groups is 1. The van der Waals surface area contributed by atoms with Gasteiger partial charge in [-0.2, -0.15) is 0 Å². The van der Waals surface area contributed by atoms with Crippen molar-refractivity contribution in [2.75, 3.05) is 19.0 Å². The lowest BCUT2D eigenvalue weighted by atomic mass is 10.00. The highest BCUT2D eigenvalue weighted by atomic mass is 16.2. The van der Waals surface area contributed by atoms with Gasteiger partial charge in [0.25, 0.3) is 5.91 Å². The van der Waals surface area contributed by atoms with Crippen molar-refractivity contribution in [2.24, 2.45) is 4.99 Å². The van der Waals surface area contributed by atoms with Crippen LogP contribution in [0.25, 0.3) is 5.57 Å². The maximum absolute atomic E-state index is 13.2. The number of anilines is 1. The second kappa shape index (κ2) is 8.99. The minimum Gasteiger partial charge on any atom is -0.327 e. The number of benzene rings is 1. The Balaban J connectivity index is 2.72. The van der Waals surface area contributed by atoms with Crippen LogP contribution in [0.15, 0.2) is 78.6 Å². The summed E-state index contributed by atoms with van der Waals surface area (Å²) in [7, 11) is 3.70. The van der Waals surface area contributed by atoms with Crippen molar-refractivity contribution in [2.45, 2.75) is 20.3 Å². The van der Waals surface area contributed by atoms with Crippen molar-refractivity contribution in [3.63, 3.8) is 0 Å². The molecule has 0 aromatic heterocycles. The number of fused-ring (bicyclic) bond motifs is 1. The molecule has 0 atom stereocenters. The fourth-order valence-corrected chi connectivity index (χ4v) is 3.12. The standard InChI is InChI=1S/C23H27N3O/c1-7-11-17(12-8-2)18-14-15-20-19(16-18)23(27)26(6)21(13-9-3)22(24-10-4)25(20)5/h7-8,10-16H,1,4,9H2,2-3,5-6H3/b12-8-,17-11+,21-13+,24-22?. The first kappa shape index (κ1) is 20.2. The van der Waals surface area contributed by atoms with Crippen LogP contribution in [0.3, 0.4) is 0 Å². The van der Waals surface area contributed by atoms with E-state index in [1.807, 2.05) is 68.3 Å². The fourth-order valence-electron chi connectivity index (χ4n) is 3.12. The molecule has 0 saturated heterocycles. The molecule has 0 fully saturated rings. The summed E-state index contributed by atoms with van der Waals surface area (Å²) in [6.07, 6.45) is 12.0. The molecule has 4 nitrogen and oxygen atoms in total. The number of carbonyl (C=O) groups excluding carboxylic acids is 1. The molecule has 1 aliphatic rings. The predicted octanol–water partition coefficient (Wildman–Crippen LogP) is 5.19. The second-order valence-electron chi connectivity index (χ2n) is 6.15. The third-order valence-electron chi connectivity index (χ3n) is 4.39. The molecule has 1 aliphatic heterocycles. The van der Waals surface area contributed by atoms with Crippen LogP contribution in [0, 0.1) is 0 Å². The molecule has 0 spiro atoms. The zero-order valence-corrected chi connectivity index (χ0v) is 16.6. The Morgan fingerprint density at radius 1 is 1.22 bits per heavy atom. The van der Waals surface area contributed by atoms with Crippen LogP contribution in [-0.4, -0.2) is 30.7 Å². The van der Waals surface area contributed by atoms with E-state index in [0.717, 1.165) is 28.9 Å². The van der Waals surface area contributed by atoms with Crippen LogP contribution in [-0.2, 0) is 0 Å². The molecule has 1 aromatic rings. The van der Waals surface area contributed by atoms with E-state index in [2.05, 4.69) is 18.2 Å². The van der Waals surface area contributed by atoms with Crippen molar-refractivity contribution in [3.8, 4) is 0 Å². The summed E-state index contributed by atoms with van der Waals surface area (Å²) >= 11 is 0. The van der Waals surface area contributed by atoms with Gasteiger partial charge in [0, 0.05) is 20.3 Å². The van der Waals surface area contributed by atoms with E-state index in [9.17, 15) is 4.79 Å². The zero-order chi connectivity index (χ0) is 20.0. The van der Waals surface area contributed by atoms with E-state index < -0.39 is 0 Å². The lowest BCUT2D eigenvalue weighted by Crippen LogP contribution is -2.33. The van der Waals surface area contributed by atoms with Gasteiger partial charge in [0.15, 0.2) is 5.84 Å². The molecule has 0 aliphatic carbocycles. The van der Waals surface area contributed by atoms with E-state index in [-0.39, 0.29) is 5.91 Å². The Hall–Kier alpha value is -3.14. The van der Waals surface area contributed by atoms with E-state index in [1.54, 1.807) is 18.0 Å². The quantitative estimate of drug-likeness (QED) is 0.677. The first-order valence-electron chi connectivity index (χ1n) is 9.00. The molecule has 0 N–H and O–H groups in total. The number of amides is 1. The molecule has 0 bridgehead atoms. The number of hydrogen-bond donors (Lipinski definition) is 0. The number of allylic oxidation sites excluding steroid dienone is 6. The van der Waals surface area contributed by atoms with Gasteiger partial charge in [-0.15, -0.1) is 0 Å². The fraction of sp³-hybridized carbons (Fsp3) is 0.217. The highest BCUT2D eigenvalue weighted by Gasteiger charge is 2.30. The Kier molecular flexibility index (Phi) is 6.72. The third-order valence-corrected chi connectivity index (χ3v) is 4.39. The summed E-state index contributed by atoms with van der Waals surface area (Å²) in [5.74, 6) is 0.635. The molecule has 1 heterocycles. The van der Waals surface area contributed by atoms with Gasteiger partial charge in [-0.1, -0.05) is 56.5 Å². The Morgan fingerprint density at radius 2 is 1.96 bits per heavy atom. The Bertz CT molecular complexity index is 872. The van der Waals surface area contributed by atoms with E-state index in [0.29, 0.717) is 11.4 Å². The summed E-state index contributed by atoms with van der Waals surface area (Å²) < 4.78 is 0. The molecule has 0 radical (unpaired) electrons. The molecule has 0 unspecified atom stereocenters. The molecule has 1 amide bonds. The largest absolute Gasteiger partial charge is 0.327 e. The highest BCUT2D eigenvalue weighted by molar-refractivity contribution is 6.18. The van der Waals surface area contributed by atoms with E-state index >= 15 is 0 Å². The number of nitrogens with zero attached hydrogens (tertiary/aromatic N) is 3. The summed E-state index contributed by atoms with van der Waals surface area (Å²) in [4.78, 5) is 21.3. The highest BCUT2D eigenvalue weighted by Crippen LogP contribution is 2.31. The molecular weight excluding hydrogens is 334 g/mol. The van der Waals surface area contributed by atoms with Crippen molar-refractivity contribution < 1.29 is 4.79 Å². The van der Waals surface area contributed by atoms with Gasteiger partial charge in [0.1, 0.15) is 0 Å². The molecule has 27 heavy (non-hydrogen) atoms. The van der Waals surface area contributed by atoms with E-state index in [4.69, 9.17) is 0 Å². The van der Waals surface area contributed by atoms with Crippen LogP contribution < -0.4 is 4.90 Å². The van der Waals surface area contributed by atoms with Gasteiger partial charge in [0.05, 0.1) is 16.9 Å². The lowest BCUT2D eigenvalue weighted by Gasteiger charge is -2.23. The first-order valence-corrected chi connectivity index (χ1v) is 9.00. The number of rotatable bonds is 5. The first-order chi connectivity index (χ1) is 13.0. The SMILES string of the molecule is C=C/C=C(\C=C/C)c1ccc2c(c1)C(=O)N(C)/C(=C/CC)C(=NC=C)N2C. The number of carbonyl (C=O) groups is 1. The summed E-state index contributed by atoms with van der Waals surface area (Å²) in [6.45, 7) is 11.5. The monoisotopic (exact) mass is 361 g/mol. The molecule has 140 valence electrons. The van der Waals surface area contributed by atoms with Crippen molar-refractivity contribution in [3.05, 3.63) is 84.8 Å². The normalized spacial score (nSPS) is 18.2. The molecule has 4 heteroatoms. The minimum absolute atomic E-state index is 0.0638. The number of likely N-dealkylation sites (N-methyl/N-ethyl adjacent to an activating group) is 2. The van der Waals surface area contributed by atoms with Crippen molar-refractivity contribution in [1.82, 2.24) is 4.90 Å². The molecular formula is C23H27N3O. The Labute approximate surface area is 162 Å². The van der Waals surface area contributed by atoms with Gasteiger partial charge in [-0.3, -0.25) is 4.79 Å². The van der Waals surface area contributed by atoms with Crippen molar-refractivity contribution >= 4 is 23.0 Å². The van der Waals surface area contributed by atoms with Gasteiger partial charge < -0.3 is 9.80 Å². The number of hydrogen-bond acceptors (Lipinski definition) is 2. The molecule has 0 saturated carbocycles. The predicted molar refractivity (Wildman–Crippen MR) is 116 cm³/mol. The van der Waals surface area contributed by atoms with Gasteiger partial charge >= 0.3 is 0 Å². The van der Waals surface area contributed by atoms with E-state index in [1.165, 1.54) is 6.20 Å². The number of aliphatic imine (C=N–C) groups is 1. The van der Waals surface area contributed by atoms with Crippen molar-refractivity contribution in [1.29, 1.82) is 0 Å². The average Bonchev–Trinajstić information content (AvgIpc) is 2.74. The maximum Gasteiger partial charge on any atom is 0.260 e. The third kappa shape index (κ3) is 4.00. The van der Waals surface area contributed by atoms with Crippen LogP contribution in [0.1, 0.15) is 36.2 Å².